The van der Waals surface area contributed by atoms with Crippen molar-refractivity contribution in [1.29, 1.82) is 0 Å². The number of carbonyl (C=O) groups is 2. The summed E-state index contributed by atoms with van der Waals surface area (Å²) in [6, 6.07) is 15.0. The fourth-order valence-electron chi connectivity index (χ4n) is 4.60. The zero-order chi connectivity index (χ0) is 26.5. The lowest BCUT2D eigenvalue weighted by Gasteiger charge is -2.29. The first-order valence-corrected chi connectivity index (χ1v) is 12.8. The molecule has 5 rings (SSSR count). The minimum atomic E-state index is -0.284. The molecule has 0 unspecified atom stereocenters. The Kier molecular flexibility index (Phi) is 7.67. The van der Waals surface area contributed by atoms with Crippen LogP contribution in [-0.2, 0) is 9.59 Å². The summed E-state index contributed by atoms with van der Waals surface area (Å²) < 4.78 is 0. The van der Waals surface area contributed by atoms with Crippen molar-refractivity contribution in [2.24, 2.45) is 11.8 Å². The number of nitrogens with zero attached hydrogens (tertiary/aromatic N) is 2. The number of aromatic amines is 1. The second kappa shape index (κ2) is 11.5. The van der Waals surface area contributed by atoms with Crippen LogP contribution < -0.4 is 21.3 Å². The number of carbonyl (C=O) groups excluding carboxylic acids is 2. The zero-order valence-electron chi connectivity index (χ0n) is 20.6. The number of aromatic nitrogens is 3. The highest BCUT2D eigenvalue weighted by Gasteiger charge is 2.27. The molecule has 38 heavy (non-hydrogen) atoms. The van der Waals surface area contributed by atoms with E-state index >= 15 is 0 Å². The number of benzene rings is 2. The van der Waals surface area contributed by atoms with E-state index in [9.17, 15) is 9.59 Å². The van der Waals surface area contributed by atoms with Gasteiger partial charge in [-0.15, -0.1) is 0 Å². The number of amides is 2. The van der Waals surface area contributed by atoms with E-state index in [4.69, 9.17) is 11.6 Å². The number of H-pyrrole nitrogens is 1. The number of rotatable bonds is 8. The third kappa shape index (κ3) is 5.85. The van der Waals surface area contributed by atoms with Crippen molar-refractivity contribution in [2.75, 3.05) is 35.6 Å². The lowest BCUT2D eigenvalue weighted by Crippen LogP contribution is -2.43. The highest BCUT2D eigenvalue weighted by Crippen LogP contribution is 2.32. The lowest BCUT2D eigenvalue weighted by atomic mass is 9.89. The molecule has 0 radical (unpaired) electrons. The quantitative estimate of drug-likeness (QED) is 0.211. The molecule has 2 amide bonds. The van der Waals surface area contributed by atoms with Crippen molar-refractivity contribution in [3.63, 3.8) is 0 Å². The van der Waals surface area contributed by atoms with Gasteiger partial charge >= 0.3 is 0 Å². The Morgan fingerprint density at radius 2 is 1.84 bits per heavy atom. The van der Waals surface area contributed by atoms with E-state index in [2.05, 4.69) is 42.8 Å². The van der Waals surface area contributed by atoms with Crippen LogP contribution in [0.3, 0.4) is 0 Å². The summed E-state index contributed by atoms with van der Waals surface area (Å²) in [5.74, 6) is 0.197. The Balaban J connectivity index is 1.18. The van der Waals surface area contributed by atoms with Gasteiger partial charge in [-0.25, -0.2) is 9.97 Å². The summed E-state index contributed by atoms with van der Waals surface area (Å²) in [5, 5.41) is 13.9. The Morgan fingerprint density at radius 1 is 1.08 bits per heavy atom. The van der Waals surface area contributed by atoms with Crippen LogP contribution in [0.1, 0.15) is 6.42 Å². The van der Waals surface area contributed by atoms with Gasteiger partial charge in [-0.2, -0.15) is 0 Å². The SMILES string of the molecule is C=CC(=O)Nc1ccc(NC(=O)[C@H]2CNC[C@H](CNc3ncc(Cl)c(-c4c[nH]c5ccccc45)n3)C2)cc1. The van der Waals surface area contributed by atoms with Crippen LogP contribution in [0.5, 0.6) is 0 Å². The van der Waals surface area contributed by atoms with Crippen LogP contribution in [0.25, 0.3) is 22.2 Å². The normalized spacial score (nSPS) is 17.1. The molecule has 2 aromatic heterocycles. The molecule has 194 valence electrons. The smallest absolute Gasteiger partial charge is 0.247 e. The molecule has 0 aliphatic carbocycles. The molecule has 5 N–H and O–H groups in total. The fraction of sp³-hybridized carbons (Fsp3) is 0.214. The average molecular weight is 530 g/mol. The molecule has 9 nitrogen and oxygen atoms in total. The third-order valence-corrected chi connectivity index (χ3v) is 6.83. The first kappa shape index (κ1) is 25.4. The van der Waals surface area contributed by atoms with E-state index < -0.39 is 0 Å². The van der Waals surface area contributed by atoms with Gasteiger partial charge in [0.25, 0.3) is 0 Å². The van der Waals surface area contributed by atoms with E-state index in [1.807, 2.05) is 30.5 Å². The molecule has 0 bridgehead atoms. The summed E-state index contributed by atoms with van der Waals surface area (Å²) >= 11 is 6.45. The number of hydrogen-bond acceptors (Lipinski definition) is 6. The van der Waals surface area contributed by atoms with Crippen molar-refractivity contribution >= 4 is 51.6 Å². The van der Waals surface area contributed by atoms with Crippen molar-refractivity contribution in [3.05, 3.63) is 78.6 Å². The van der Waals surface area contributed by atoms with Gasteiger partial charge in [0.1, 0.15) is 0 Å². The van der Waals surface area contributed by atoms with Crippen molar-refractivity contribution in [2.45, 2.75) is 6.42 Å². The van der Waals surface area contributed by atoms with E-state index in [0.29, 0.717) is 41.1 Å². The number of hydrogen-bond donors (Lipinski definition) is 5. The molecule has 1 fully saturated rings. The lowest BCUT2D eigenvalue weighted by molar-refractivity contribution is -0.120. The van der Waals surface area contributed by atoms with Crippen LogP contribution in [-0.4, -0.2) is 46.4 Å². The number of nitrogens with one attached hydrogen (secondary N) is 5. The molecule has 0 spiro atoms. The van der Waals surface area contributed by atoms with Crippen molar-refractivity contribution in [3.8, 4) is 11.3 Å². The zero-order valence-corrected chi connectivity index (χ0v) is 21.4. The monoisotopic (exact) mass is 529 g/mol. The molecule has 2 atom stereocenters. The minimum Gasteiger partial charge on any atom is -0.360 e. The molecular weight excluding hydrogens is 502 g/mol. The summed E-state index contributed by atoms with van der Waals surface area (Å²) in [6.07, 6.45) is 5.44. The van der Waals surface area contributed by atoms with Crippen LogP contribution in [0.4, 0.5) is 17.3 Å². The summed E-state index contributed by atoms with van der Waals surface area (Å²) in [6.45, 7) is 5.45. The maximum atomic E-state index is 12.9. The number of anilines is 3. The average Bonchev–Trinajstić information content (AvgIpc) is 3.38. The van der Waals surface area contributed by atoms with E-state index in [1.165, 1.54) is 6.08 Å². The van der Waals surface area contributed by atoms with Crippen LogP contribution >= 0.6 is 11.6 Å². The minimum absolute atomic E-state index is 0.0468. The van der Waals surface area contributed by atoms with Gasteiger partial charge < -0.3 is 26.3 Å². The molecule has 3 heterocycles. The van der Waals surface area contributed by atoms with Gasteiger partial charge in [0, 0.05) is 47.1 Å². The maximum absolute atomic E-state index is 12.9. The summed E-state index contributed by atoms with van der Waals surface area (Å²) in [5.41, 5.74) is 3.90. The van der Waals surface area contributed by atoms with Crippen LogP contribution in [0.2, 0.25) is 5.02 Å². The third-order valence-electron chi connectivity index (χ3n) is 6.56. The molecule has 1 saturated heterocycles. The Bertz CT molecular complexity index is 1470. The van der Waals surface area contributed by atoms with Crippen LogP contribution in [0.15, 0.2) is 73.6 Å². The number of piperidine rings is 1. The van der Waals surface area contributed by atoms with Gasteiger partial charge in [-0.1, -0.05) is 36.4 Å². The highest BCUT2D eigenvalue weighted by molar-refractivity contribution is 6.33. The van der Waals surface area contributed by atoms with Gasteiger partial charge in [-0.3, -0.25) is 9.59 Å². The van der Waals surface area contributed by atoms with E-state index in [-0.39, 0.29) is 23.7 Å². The second-order valence-corrected chi connectivity index (χ2v) is 9.64. The summed E-state index contributed by atoms with van der Waals surface area (Å²) in [7, 11) is 0. The molecule has 1 aliphatic rings. The van der Waals surface area contributed by atoms with Crippen LogP contribution in [0, 0.1) is 11.8 Å². The van der Waals surface area contributed by atoms with Gasteiger partial charge in [-0.05, 0) is 55.3 Å². The molecule has 2 aromatic carbocycles. The summed E-state index contributed by atoms with van der Waals surface area (Å²) in [4.78, 5) is 36.7. The maximum Gasteiger partial charge on any atom is 0.247 e. The first-order chi connectivity index (χ1) is 18.5. The van der Waals surface area contributed by atoms with E-state index in [0.717, 1.165) is 29.4 Å². The largest absolute Gasteiger partial charge is 0.360 e. The second-order valence-electron chi connectivity index (χ2n) is 9.24. The Labute approximate surface area is 225 Å². The first-order valence-electron chi connectivity index (χ1n) is 12.4. The molecular formula is C28H28ClN7O2. The van der Waals surface area contributed by atoms with E-state index in [1.54, 1.807) is 30.5 Å². The number of halogens is 1. The van der Waals surface area contributed by atoms with Crippen molar-refractivity contribution < 1.29 is 9.59 Å². The number of fused-ring (bicyclic) bond motifs is 1. The Morgan fingerprint density at radius 3 is 2.63 bits per heavy atom. The highest BCUT2D eigenvalue weighted by atomic mass is 35.5. The molecule has 10 heteroatoms. The van der Waals surface area contributed by atoms with Gasteiger partial charge in [0.2, 0.25) is 17.8 Å². The Hall–Kier alpha value is -4.21. The molecule has 1 aliphatic heterocycles. The molecule has 4 aromatic rings. The topological polar surface area (TPSA) is 124 Å². The van der Waals surface area contributed by atoms with Gasteiger partial charge in [0.15, 0.2) is 0 Å². The van der Waals surface area contributed by atoms with Crippen molar-refractivity contribution in [1.82, 2.24) is 20.3 Å². The predicted molar refractivity (Wildman–Crippen MR) is 151 cm³/mol. The molecule has 0 saturated carbocycles. The van der Waals surface area contributed by atoms with Gasteiger partial charge in [0.05, 0.1) is 22.8 Å². The standard InChI is InChI=1S/C28H28ClN7O2/c1-2-25(37)34-19-7-9-20(10-8-19)35-27(38)18-11-17(12-30-14-18)13-32-28-33-16-23(29)26(36-28)22-15-31-24-6-4-3-5-21(22)24/h2-10,15-18,30-31H,1,11-14H2,(H,34,37)(H,35,38)(H,32,33,36)/t17-,18-/m1/s1. The number of para-hydroxylation sites is 1. The fourth-order valence-corrected chi connectivity index (χ4v) is 4.80. The predicted octanol–water partition coefficient (Wildman–Crippen LogP) is 4.68.